The molecular weight excluding hydrogens is 380 g/mol. The Morgan fingerprint density at radius 3 is 2.11 bits per heavy atom. The molecule has 2 aliphatic rings. The average molecular weight is 404 g/mol. The summed E-state index contributed by atoms with van der Waals surface area (Å²) in [5.74, 6) is -2.18. The van der Waals surface area contributed by atoms with Crippen molar-refractivity contribution < 1.29 is 30.6 Å². The molecular formula is C21H24O6S. The van der Waals surface area contributed by atoms with Crippen molar-refractivity contribution in [2.75, 3.05) is 12.9 Å². The van der Waals surface area contributed by atoms with Crippen molar-refractivity contribution in [3.05, 3.63) is 65.7 Å². The number of aliphatic hydroxyl groups excluding tert-OH is 3. The molecule has 2 aromatic rings. The number of rotatable bonds is 5. The van der Waals surface area contributed by atoms with Crippen LogP contribution in [-0.2, 0) is 0 Å². The Balaban J connectivity index is 1.82. The van der Waals surface area contributed by atoms with E-state index in [-0.39, 0.29) is 0 Å². The Bertz CT molecular complexity index is 861. The SMILES string of the molecule is CSc1ccc(C2C(O)[C@@]3(O)C(c4ccccc4)[C@@](O)([C@H](O)CO)[C@@]23O)cc1. The molecule has 3 unspecified atom stereocenters. The van der Waals surface area contributed by atoms with E-state index in [1.807, 2.05) is 18.4 Å². The van der Waals surface area contributed by atoms with Crippen LogP contribution >= 0.6 is 11.8 Å². The van der Waals surface area contributed by atoms with Crippen molar-refractivity contribution in [1.29, 1.82) is 0 Å². The van der Waals surface area contributed by atoms with E-state index in [1.54, 1.807) is 42.5 Å². The predicted octanol–water partition coefficient (Wildman–Crippen LogP) is 0.211. The second-order valence-electron chi connectivity index (χ2n) is 7.65. The van der Waals surface area contributed by atoms with Gasteiger partial charge >= 0.3 is 0 Å². The third kappa shape index (κ3) is 2.10. The minimum absolute atomic E-state index is 0.458. The summed E-state index contributed by atoms with van der Waals surface area (Å²) in [6, 6.07) is 15.5. The largest absolute Gasteiger partial charge is 0.394 e. The van der Waals surface area contributed by atoms with Crippen molar-refractivity contribution >= 4 is 11.8 Å². The van der Waals surface area contributed by atoms with Gasteiger partial charge in [-0.1, -0.05) is 42.5 Å². The van der Waals surface area contributed by atoms with E-state index in [0.717, 1.165) is 4.90 Å². The molecule has 0 amide bonds. The molecule has 2 saturated carbocycles. The molecule has 4 rings (SSSR count). The number of aliphatic hydroxyl groups is 6. The summed E-state index contributed by atoms with van der Waals surface area (Å²) in [7, 11) is 0. The van der Waals surface area contributed by atoms with E-state index in [0.29, 0.717) is 11.1 Å². The molecule has 0 aliphatic heterocycles. The highest BCUT2D eigenvalue weighted by atomic mass is 32.2. The van der Waals surface area contributed by atoms with E-state index in [1.165, 1.54) is 11.8 Å². The second-order valence-corrected chi connectivity index (χ2v) is 8.53. The Morgan fingerprint density at radius 1 is 0.964 bits per heavy atom. The van der Waals surface area contributed by atoms with Crippen molar-refractivity contribution in [3.8, 4) is 0 Å². The molecule has 28 heavy (non-hydrogen) atoms. The zero-order chi connectivity index (χ0) is 20.3. The van der Waals surface area contributed by atoms with Gasteiger partial charge in [0, 0.05) is 10.8 Å². The molecule has 6 nitrogen and oxygen atoms in total. The summed E-state index contributed by atoms with van der Waals surface area (Å²) in [5, 5.41) is 65.0. The van der Waals surface area contributed by atoms with Gasteiger partial charge in [0.2, 0.25) is 0 Å². The smallest absolute Gasteiger partial charge is 0.138 e. The first-order chi connectivity index (χ1) is 13.3. The van der Waals surface area contributed by atoms with Gasteiger partial charge in [-0.05, 0) is 29.5 Å². The summed E-state index contributed by atoms with van der Waals surface area (Å²) in [5.41, 5.74) is -5.52. The quantitative estimate of drug-likeness (QED) is 0.394. The monoisotopic (exact) mass is 404 g/mol. The van der Waals surface area contributed by atoms with Gasteiger partial charge in [0.15, 0.2) is 0 Å². The van der Waals surface area contributed by atoms with Crippen molar-refractivity contribution in [1.82, 2.24) is 0 Å². The van der Waals surface area contributed by atoms with Crippen LogP contribution in [0.25, 0.3) is 0 Å². The van der Waals surface area contributed by atoms with Gasteiger partial charge < -0.3 is 30.6 Å². The van der Waals surface area contributed by atoms with Crippen LogP contribution in [0.5, 0.6) is 0 Å². The normalized spacial score (nSPS) is 40.2. The number of benzene rings is 2. The Labute approximate surface area is 167 Å². The maximum atomic E-state index is 11.5. The third-order valence-corrected chi connectivity index (χ3v) is 7.35. The standard InChI is InChI=1S/C21H24O6S/c1-28-14-9-7-12(8-10-14)16-18(24)20(26)17(13-5-3-2-4-6-13)19(25,15(23)11-22)21(16,20)27/h2-10,15-18,22-27H,11H2,1H3/t15-,16?,17?,18?,19+,20+,21+/m1/s1. The van der Waals surface area contributed by atoms with E-state index in [2.05, 4.69) is 0 Å². The first-order valence-corrected chi connectivity index (χ1v) is 10.3. The number of hydrogen-bond acceptors (Lipinski definition) is 7. The lowest BCUT2D eigenvalue weighted by Gasteiger charge is -2.80. The van der Waals surface area contributed by atoms with Gasteiger partial charge in [0.05, 0.1) is 18.6 Å². The van der Waals surface area contributed by atoms with E-state index >= 15 is 0 Å². The maximum Gasteiger partial charge on any atom is 0.138 e. The highest BCUT2D eigenvalue weighted by Gasteiger charge is 2.93. The predicted molar refractivity (Wildman–Crippen MR) is 104 cm³/mol. The average Bonchev–Trinajstić information content (AvgIpc) is 2.73. The minimum atomic E-state index is -2.24. The molecule has 7 heteroatoms. The van der Waals surface area contributed by atoms with Crippen LogP contribution in [0.2, 0.25) is 0 Å². The van der Waals surface area contributed by atoms with E-state index in [9.17, 15) is 30.6 Å². The van der Waals surface area contributed by atoms with Crippen LogP contribution in [0, 0.1) is 0 Å². The van der Waals surface area contributed by atoms with Gasteiger partial charge in [-0.15, -0.1) is 11.8 Å². The first kappa shape index (κ1) is 19.8. The highest BCUT2D eigenvalue weighted by Crippen LogP contribution is 2.75. The maximum absolute atomic E-state index is 11.5. The van der Waals surface area contributed by atoms with Crippen LogP contribution in [0.3, 0.4) is 0 Å². The lowest BCUT2D eigenvalue weighted by atomic mass is 9.30. The van der Waals surface area contributed by atoms with Crippen LogP contribution in [0.15, 0.2) is 59.5 Å². The summed E-state index contributed by atoms with van der Waals surface area (Å²) < 4.78 is 0. The summed E-state index contributed by atoms with van der Waals surface area (Å²) in [6.07, 6.45) is -1.14. The fourth-order valence-electron chi connectivity index (χ4n) is 5.27. The van der Waals surface area contributed by atoms with Gasteiger partial charge in [-0.25, -0.2) is 0 Å². The second kappa shape index (κ2) is 6.53. The lowest BCUT2D eigenvalue weighted by molar-refractivity contribution is -0.459. The third-order valence-electron chi connectivity index (χ3n) is 6.61. The summed E-state index contributed by atoms with van der Waals surface area (Å²) in [4.78, 5) is 0.987. The molecule has 2 aromatic carbocycles. The van der Waals surface area contributed by atoms with Crippen LogP contribution < -0.4 is 0 Å². The Kier molecular flexibility index (Phi) is 4.63. The van der Waals surface area contributed by atoms with Crippen LogP contribution in [0.4, 0.5) is 0 Å². The fraction of sp³-hybridized carbons (Fsp3) is 0.429. The van der Waals surface area contributed by atoms with Crippen molar-refractivity contribution in [3.63, 3.8) is 0 Å². The molecule has 0 spiro atoms. The molecule has 6 N–H and O–H groups in total. The Hall–Kier alpha value is -1.45. The summed E-state index contributed by atoms with van der Waals surface area (Å²) >= 11 is 1.54. The van der Waals surface area contributed by atoms with E-state index in [4.69, 9.17) is 0 Å². The molecule has 2 aliphatic carbocycles. The van der Waals surface area contributed by atoms with Crippen LogP contribution in [0.1, 0.15) is 23.0 Å². The first-order valence-electron chi connectivity index (χ1n) is 9.11. The highest BCUT2D eigenvalue weighted by molar-refractivity contribution is 7.98. The Morgan fingerprint density at radius 2 is 1.57 bits per heavy atom. The molecule has 2 fully saturated rings. The zero-order valence-corrected chi connectivity index (χ0v) is 16.1. The molecule has 0 radical (unpaired) electrons. The number of hydrogen-bond donors (Lipinski definition) is 6. The molecule has 0 bridgehead atoms. The van der Waals surface area contributed by atoms with Crippen LogP contribution in [-0.4, -0.2) is 72.5 Å². The number of thioether (sulfide) groups is 1. The van der Waals surface area contributed by atoms with Gasteiger partial charge in [-0.2, -0.15) is 0 Å². The topological polar surface area (TPSA) is 121 Å². The van der Waals surface area contributed by atoms with Gasteiger partial charge in [-0.3, -0.25) is 0 Å². The molecule has 0 saturated heterocycles. The zero-order valence-electron chi connectivity index (χ0n) is 15.3. The fourth-order valence-corrected chi connectivity index (χ4v) is 5.68. The van der Waals surface area contributed by atoms with Gasteiger partial charge in [0.1, 0.15) is 22.9 Å². The van der Waals surface area contributed by atoms with Gasteiger partial charge in [0.25, 0.3) is 0 Å². The molecule has 7 atom stereocenters. The lowest BCUT2D eigenvalue weighted by Crippen LogP contribution is -2.99. The van der Waals surface area contributed by atoms with Crippen molar-refractivity contribution in [2.45, 2.75) is 45.7 Å². The van der Waals surface area contributed by atoms with Crippen molar-refractivity contribution in [2.24, 2.45) is 0 Å². The summed E-state index contributed by atoms with van der Waals surface area (Å²) in [6.45, 7) is -0.799. The number of fused-ring (bicyclic) bond motifs is 1. The molecule has 150 valence electrons. The molecule has 0 aromatic heterocycles. The molecule has 0 heterocycles. The van der Waals surface area contributed by atoms with E-state index < -0.39 is 47.5 Å². The minimum Gasteiger partial charge on any atom is -0.394 e.